The van der Waals surface area contributed by atoms with Gasteiger partial charge >= 0.3 is 6.03 Å². The molecule has 13 heteroatoms. The molecule has 2 saturated heterocycles. The Kier molecular flexibility index (Phi) is 7.59. The number of urea groups is 1. The minimum Gasteiger partial charge on any atom is -0.375 e. The highest BCUT2D eigenvalue weighted by molar-refractivity contribution is 7.22. The van der Waals surface area contributed by atoms with Crippen molar-refractivity contribution in [1.29, 1.82) is 0 Å². The SMILES string of the molecule is C=CCN(C(=O)NCc1ccccc1)N1CC(=O)N2[C@@H](Cc3cnc[nH]3)C(=O)N(Cc3cccc4sc(N)nc34)C[C@@H]21. The molecule has 4 aromatic rings. The van der Waals surface area contributed by atoms with Gasteiger partial charge in [-0.2, -0.15) is 5.01 Å². The average molecular weight is 586 g/mol. The van der Waals surface area contributed by atoms with E-state index in [2.05, 4.69) is 26.8 Å². The Balaban J connectivity index is 1.30. The van der Waals surface area contributed by atoms with Gasteiger partial charge in [0.2, 0.25) is 11.8 Å². The van der Waals surface area contributed by atoms with Crippen molar-refractivity contribution in [3.8, 4) is 0 Å². The van der Waals surface area contributed by atoms with Gasteiger partial charge in [-0.15, -0.1) is 6.58 Å². The number of hydrazine groups is 1. The summed E-state index contributed by atoms with van der Waals surface area (Å²) in [7, 11) is 0. The topological polar surface area (TPSA) is 144 Å². The van der Waals surface area contributed by atoms with Crippen LogP contribution in [-0.4, -0.2) is 84.5 Å². The van der Waals surface area contributed by atoms with Gasteiger partial charge in [0.25, 0.3) is 0 Å². The maximum Gasteiger partial charge on any atom is 0.332 e. The van der Waals surface area contributed by atoms with Gasteiger partial charge in [-0.25, -0.2) is 14.8 Å². The van der Waals surface area contributed by atoms with Gasteiger partial charge in [0, 0.05) is 31.4 Å². The number of nitrogens with one attached hydrogen (secondary N) is 2. The largest absolute Gasteiger partial charge is 0.375 e. The number of thiazole rings is 1. The number of carbonyl (C=O) groups excluding carboxylic acids is 3. The molecule has 216 valence electrons. The number of anilines is 1. The number of nitrogen functional groups attached to an aromatic ring is 1. The second-order valence-electron chi connectivity index (χ2n) is 10.2. The van der Waals surface area contributed by atoms with E-state index in [0.29, 0.717) is 11.7 Å². The summed E-state index contributed by atoms with van der Waals surface area (Å²) in [5.74, 6) is -0.406. The van der Waals surface area contributed by atoms with Gasteiger partial charge in [0.05, 0.1) is 36.2 Å². The molecule has 4 amide bonds. The number of nitrogens with two attached hydrogens (primary N) is 1. The lowest BCUT2D eigenvalue weighted by Gasteiger charge is -2.46. The van der Waals surface area contributed by atoms with Crippen LogP contribution in [0.3, 0.4) is 0 Å². The second-order valence-corrected chi connectivity index (χ2v) is 11.3. The Hall–Kier alpha value is -4.75. The number of hydrogen-bond acceptors (Lipinski definition) is 8. The van der Waals surface area contributed by atoms with Crippen LogP contribution in [0.2, 0.25) is 0 Å². The van der Waals surface area contributed by atoms with Gasteiger partial charge in [0.1, 0.15) is 12.2 Å². The van der Waals surface area contributed by atoms with E-state index < -0.39 is 12.2 Å². The van der Waals surface area contributed by atoms with Crippen LogP contribution in [0, 0.1) is 0 Å². The summed E-state index contributed by atoms with van der Waals surface area (Å²) >= 11 is 1.39. The fourth-order valence-corrected chi connectivity index (χ4v) is 6.42. The van der Waals surface area contributed by atoms with Gasteiger partial charge in [-0.05, 0) is 17.2 Å². The van der Waals surface area contributed by atoms with Crippen LogP contribution < -0.4 is 11.1 Å². The number of para-hydroxylation sites is 1. The molecule has 0 saturated carbocycles. The molecule has 2 aromatic heterocycles. The third-order valence-electron chi connectivity index (χ3n) is 7.55. The Morgan fingerprint density at radius 1 is 1.21 bits per heavy atom. The van der Waals surface area contributed by atoms with Crippen molar-refractivity contribution in [2.24, 2.45) is 0 Å². The molecule has 12 nitrogen and oxygen atoms in total. The van der Waals surface area contributed by atoms with Gasteiger partial charge in [-0.1, -0.05) is 59.9 Å². The molecule has 42 heavy (non-hydrogen) atoms. The highest BCUT2D eigenvalue weighted by Gasteiger charge is 2.52. The Labute approximate surface area is 246 Å². The van der Waals surface area contributed by atoms with Crippen molar-refractivity contribution in [3.63, 3.8) is 0 Å². The van der Waals surface area contributed by atoms with Crippen LogP contribution in [0.5, 0.6) is 0 Å². The van der Waals surface area contributed by atoms with Crippen LogP contribution in [-0.2, 0) is 29.1 Å². The third-order valence-corrected chi connectivity index (χ3v) is 8.40. The molecular formula is C29H31N9O3S. The minimum absolute atomic E-state index is 0.0456. The number of rotatable bonds is 9. The first-order valence-electron chi connectivity index (χ1n) is 13.6. The number of carbonyl (C=O) groups is 3. The fourth-order valence-electron chi connectivity index (χ4n) is 5.64. The monoisotopic (exact) mass is 585 g/mol. The molecule has 2 aliphatic rings. The summed E-state index contributed by atoms with van der Waals surface area (Å²) in [5, 5.41) is 6.66. The number of nitrogens with zero attached hydrogens (tertiary/aromatic N) is 6. The number of fused-ring (bicyclic) bond motifs is 2. The molecule has 0 aliphatic carbocycles. The van der Waals surface area contributed by atoms with E-state index in [1.807, 2.05) is 48.5 Å². The van der Waals surface area contributed by atoms with Crippen LogP contribution in [0.15, 0.2) is 73.7 Å². The molecule has 2 atom stereocenters. The van der Waals surface area contributed by atoms with Crippen LogP contribution in [0.4, 0.5) is 9.93 Å². The molecule has 4 N–H and O–H groups in total. The molecular weight excluding hydrogens is 554 g/mol. The van der Waals surface area contributed by atoms with Crippen LogP contribution in [0.25, 0.3) is 10.2 Å². The number of amides is 4. The lowest BCUT2D eigenvalue weighted by Crippen LogP contribution is -2.66. The summed E-state index contributed by atoms with van der Waals surface area (Å²) in [6.07, 6.45) is 4.52. The van der Waals surface area contributed by atoms with E-state index in [1.165, 1.54) is 16.3 Å². The molecule has 0 unspecified atom stereocenters. The summed E-state index contributed by atoms with van der Waals surface area (Å²) in [4.78, 5) is 56.0. The van der Waals surface area contributed by atoms with E-state index in [-0.39, 0.29) is 50.4 Å². The Bertz CT molecular complexity index is 1610. The number of H-pyrrole nitrogens is 1. The maximum atomic E-state index is 14.0. The normalized spacial score (nSPS) is 18.9. The number of hydrogen-bond donors (Lipinski definition) is 3. The van der Waals surface area contributed by atoms with E-state index in [1.54, 1.807) is 33.4 Å². The van der Waals surface area contributed by atoms with Crippen molar-refractivity contribution in [2.45, 2.75) is 31.7 Å². The van der Waals surface area contributed by atoms with E-state index in [4.69, 9.17) is 5.73 Å². The number of imidazole rings is 1. The predicted molar refractivity (Wildman–Crippen MR) is 158 cm³/mol. The molecule has 2 aromatic carbocycles. The average Bonchev–Trinajstić information content (AvgIpc) is 3.72. The van der Waals surface area contributed by atoms with Gasteiger partial charge < -0.3 is 25.8 Å². The minimum atomic E-state index is -0.778. The molecule has 0 spiro atoms. The highest BCUT2D eigenvalue weighted by Crippen LogP contribution is 2.32. The molecule has 6 rings (SSSR count). The van der Waals surface area contributed by atoms with Crippen molar-refractivity contribution >= 4 is 44.5 Å². The first kappa shape index (κ1) is 27.4. The number of aromatic nitrogens is 3. The predicted octanol–water partition coefficient (Wildman–Crippen LogP) is 2.34. The van der Waals surface area contributed by atoms with Crippen molar-refractivity contribution < 1.29 is 14.4 Å². The third kappa shape index (κ3) is 5.31. The Morgan fingerprint density at radius 2 is 2.05 bits per heavy atom. The number of piperazine rings is 1. The lowest BCUT2D eigenvalue weighted by molar-refractivity contribution is -0.157. The number of benzene rings is 2. The van der Waals surface area contributed by atoms with Crippen molar-refractivity contribution in [2.75, 3.05) is 25.4 Å². The zero-order chi connectivity index (χ0) is 29.2. The summed E-state index contributed by atoms with van der Waals surface area (Å²) in [6, 6.07) is 14.3. The highest BCUT2D eigenvalue weighted by atomic mass is 32.1. The molecule has 0 bridgehead atoms. The standard InChI is InChI=1S/C29H31N9O3S/c1-2-11-36(29(41)32-13-19-7-4-3-5-8-19)37-17-25(39)38-22(12-21-14-31-18-33-21)27(40)35(16-24(37)38)15-20-9-6-10-23-26(20)34-28(30)42-23/h2-10,14,18,22,24H,1,11-13,15-17H2,(H2,30,34)(H,31,33)(H,32,41)/t22-,24+/m0/s1. The van der Waals surface area contributed by atoms with Gasteiger partial charge in [-0.3, -0.25) is 14.6 Å². The zero-order valence-electron chi connectivity index (χ0n) is 22.8. The summed E-state index contributed by atoms with van der Waals surface area (Å²) < 4.78 is 0.940. The quantitative estimate of drug-likeness (QED) is 0.256. The van der Waals surface area contributed by atoms with Crippen molar-refractivity contribution in [3.05, 3.63) is 90.5 Å². The van der Waals surface area contributed by atoms with E-state index in [0.717, 1.165) is 27.0 Å². The van der Waals surface area contributed by atoms with Crippen LogP contribution >= 0.6 is 11.3 Å². The molecule has 0 radical (unpaired) electrons. The number of aromatic amines is 1. The molecule has 2 fully saturated rings. The zero-order valence-corrected chi connectivity index (χ0v) is 23.7. The fraction of sp³-hybridized carbons (Fsp3) is 0.276. The first-order chi connectivity index (χ1) is 20.4. The molecule has 4 heterocycles. The molecule has 2 aliphatic heterocycles. The van der Waals surface area contributed by atoms with Crippen molar-refractivity contribution in [1.82, 2.24) is 40.1 Å². The smallest absolute Gasteiger partial charge is 0.332 e. The van der Waals surface area contributed by atoms with E-state index in [9.17, 15) is 14.4 Å². The maximum absolute atomic E-state index is 14.0. The van der Waals surface area contributed by atoms with Gasteiger partial charge in [0.15, 0.2) is 5.13 Å². The lowest BCUT2D eigenvalue weighted by atomic mass is 10.0. The van der Waals surface area contributed by atoms with Crippen LogP contribution in [0.1, 0.15) is 16.8 Å². The summed E-state index contributed by atoms with van der Waals surface area (Å²) in [6.45, 7) is 4.80. The van der Waals surface area contributed by atoms with E-state index >= 15 is 0 Å². The Morgan fingerprint density at radius 3 is 2.81 bits per heavy atom. The second kappa shape index (κ2) is 11.6. The summed E-state index contributed by atoms with van der Waals surface area (Å²) in [5.41, 5.74) is 9.30. The first-order valence-corrected chi connectivity index (χ1v) is 14.4.